The SMILES string of the molecule is [CH]1C=CCC2CCCCN12. The number of nitrogens with zero attached hydrogens (tertiary/aromatic N) is 1. The smallest absolute Gasteiger partial charge is 0.0473 e. The highest BCUT2D eigenvalue weighted by Gasteiger charge is 2.21. The summed E-state index contributed by atoms with van der Waals surface area (Å²) in [5.74, 6) is 0. The largest absolute Gasteiger partial charge is 0.292 e. The van der Waals surface area contributed by atoms with E-state index in [2.05, 4.69) is 23.6 Å². The monoisotopic (exact) mass is 136 g/mol. The van der Waals surface area contributed by atoms with E-state index in [0.717, 1.165) is 6.04 Å². The Kier molecular flexibility index (Phi) is 1.76. The van der Waals surface area contributed by atoms with Crippen LogP contribution >= 0.6 is 0 Å². The molecule has 1 unspecified atom stereocenters. The average Bonchev–Trinajstić information content (AvgIpc) is 2.05. The number of hydrogen-bond acceptors (Lipinski definition) is 1. The average molecular weight is 136 g/mol. The standard InChI is InChI=1S/C9H14N/c1-3-7-10-8-4-2-6-9(10)5-1/h1,3,7,9H,2,4-6,8H2. The van der Waals surface area contributed by atoms with E-state index in [4.69, 9.17) is 0 Å². The van der Waals surface area contributed by atoms with Crippen molar-refractivity contribution in [2.75, 3.05) is 6.54 Å². The van der Waals surface area contributed by atoms with Crippen LogP contribution in [0.4, 0.5) is 0 Å². The lowest BCUT2D eigenvalue weighted by Gasteiger charge is -2.36. The molecule has 0 aliphatic carbocycles. The van der Waals surface area contributed by atoms with E-state index in [0.29, 0.717) is 0 Å². The maximum atomic E-state index is 2.49. The van der Waals surface area contributed by atoms with Crippen molar-refractivity contribution >= 4 is 0 Å². The van der Waals surface area contributed by atoms with E-state index >= 15 is 0 Å². The molecule has 0 aromatic carbocycles. The van der Waals surface area contributed by atoms with Crippen LogP contribution in [-0.2, 0) is 0 Å². The van der Waals surface area contributed by atoms with Gasteiger partial charge in [-0.05, 0) is 25.8 Å². The maximum absolute atomic E-state index is 2.49. The van der Waals surface area contributed by atoms with Crippen LogP contribution in [0.2, 0.25) is 0 Å². The minimum Gasteiger partial charge on any atom is -0.292 e. The van der Waals surface area contributed by atoms with E-state index < -0.39 is 0 Å². The van der Waals surface area contributed by atoms with E-state index in [1.807, 2.05) is 0 Å². The highest BCUT2D eigenvalue weighted by Crippen LogP contribution is 2.23. The molecule has 2 heterocycles. The Balaban J connectivity index is 2.01. The number of fused-ring (bicyclic) bond motifs is 1. The lowest BCUT2D eigenvalue weighted by Crippen LogP contribution is -2.38. The molecule has 2 rings (SSSR count). The summed E-state index contributed by atoms with van der Waals surface area (Å²) in [5, 5.41) is 0. The van der Waals surface area contributed by atoms with E-state index in [1.165, 1.54) is 32.2 Å². The molecule has 0 spiro atoms. The van der Waals surface area contributed by atoms with Gasteiger partial charge in [0.2, 0.25) is 0 Å². The van der Waals surface area contributed by atoms with Gasteiger partial charge in [0.1, 0.15) is 0 Å². The van der Waals surface area contributed by atoms with Crippen LogP contribution in [0.1, 0.15) is 25.7 Å². The molecule has 0 bridgehead atoms. The molecule has 1 radical (unpaired) electrons. The summed E-state index contributed by atoms with van der Waals surface area (Å²) in [6.07, 6.45) is 9.97. The molecule has 1 atom stereocenters. The molecular weight excluding hydrogens is 122 g/mol. The van der Waals surface area contributed by atoms with Gasteiger partial charge in [0.15, 0.2) is 0 Å². The molecule has 0 amide bonds. The predicted octanol–water partition coefficient (Wildman–Crippen LogP) is 1.96. The van der Waals surface area contributed by atoms with E-state index in [1.54, 1.807) is 0 Å². The van der Waals surface area contributed by atoms with Crippen molar-refractivity contribution in [3.8, 4) is 0 Å². The van der Waals surface area contributed by atoms with E-state index in [-0.39, 0.29) is 0 Å². The molecule has 0 saturated carbocycles. The van der Waals surface area contributed by atoms with Crippen LogP contribution in [0.15, 0.2) is 12.2 Å². The van der Waals surface area contributed by atoms with Crippen molar-refractivity contribution in [3.05, 3.63) is 18.7 Å². The zero-order valence-electron chi connectivity index (χ0n) is 6.29. The number of piperidine rings is 1. The van der Waals surface area contributed by atoms with Crippen LogP contribution in [-0.4, -0.2) is 17.5 Å². The minimum absolute atomic E-state index is 0.846. The Morgan fingerprint density at radius 1 is 1.30 bits per heavy atom. The van der Waals surface area contributed by atoms with Gasteiger partial charge in [0.05, 0.1) is 0 Å². The zero-order valence-corrected chi connectivity index (χ0v) is 6.29. The summed E-state index contributed by atoms with van der Waals surface area (Å²) in [6.45, 7) is 3.53. The second-order valence-corrected chi connectivity index (χ2v) is 3.20. The molecule has 1 saturated heterocycles. The summed E-state index contributed by atoms with van der Waals surface area (Å²) in [7, 11) is 0. The molecule has 1 nitrogen and oxygen atoms in total. The Hall–Kier alpha value is -0.300. The molecule has 2 aliphatic heterocycles. The second-order valence-electron chi connectivity index (χ2n) is 3.20. The summed E-state index contributed by atoms with van der Waals surface area (Å²) in [6, 6.07) is 0.846. The first kappa shape index (κ1) is 6.41. The highest BCUT2D eigenvalue weighted by atomic mass is 15.2. The molecule has 1 heteroatoms. The van der Waals surface area contributed by atoms with Crippen molar-refractivity contribution in [3.63, 3.8) is 0 Å². The Morgan fingerprint density at radius 2 is 2.30 bits per heavy atom. The Labute approximate surface area is 62.7 Å². The normalized spacial score (nSPS) is 33.8. The van der Waals surface area contributed by atoms with Gasteiger partial charge in [0.25, 0.3) is 0 Å². The highest BCUT2D eigenvalue weighted by molar-refractivity contribution is 5.04. The first-order valence-electron chi connectivity index (χ1n) is 4.22. The van der Waals surface area contributed by atoms with Gasteiger partial charge < -0.3 is 0 Å². The van der Waals surface area contributed by atoms with Crippen LogP contribution in [0.3, 0.4) is 0 Å². The zero-order chi connectivity index (χ0) is 6.81. The van der Waals surface area contributed by atoms with Crippen LogP contribution in [0, 0.1) is 6.54 Å². The van der Waals surface area contributed by atoms with Gasteiger partial charge in [0, 0.05) is 12.6 Å². The fourth-order valence-corrected chi connectivity index (χ4v) is 1.88. The van der Waals surface area contributed by atoms with Gasteiger partial charge in [-0.2, -0.15) is 0 Å². The summed E-state index contributed by atoms with van der Waals surface area (Å²) in [5.41, 5.74) is 0. The lowest BCUT2D eigenvalue weighted by atomic mass is 9.97. The fraction of sp³-hybridized carbons (Fsp3) is 0.667. The van der Waals surface area contributed by atoms with Crippen LogP contribution in [0.5, 0.6) is 0 Å². The van der Waals surface area contributed by atoms with Gasteiger partial charge in [-0.3, -0.25) is 4.90 Å². The first-order chi connectivity index (χ1) is 4.97. The van der Waals surface area contributed by atoms with Crippen molar-refractivity contribution in [2.24, 2.45) is 0 Å². The molecule has 10 heavy (non-hydrogen) atoms. The van der Waals surface area contributed by atoms with Gasteiger partial charge in [-0.1, -0.05) is 18.6 Å². The van der Waals surface area contributed by atoms with Gasteiger partial charge in [-0.25, -0.2) is 0 Å². The molecular formula is C9H14N. The van der Waals surface area contributed by atoms with Crippen molar-refractivity contribution in [1.29, 1.82) is 0 Å². The van der Waals surface area contributed by atoms with Crippen molar-refractivity contribution < 1.29 is 0 Å². The Bertz CT molecular complexity index is 124. The summed E-state index contributed by atoms with van der Waals surface area (Å²) in [4.78, 5) is 2.49. The van der Waals surface area contributed by atoms with Crippen molar-refractivity contribution in [2.45, 2.75) is 31.7 Å². The first-order valence-corrected chi connectivity index (χ1v) is 4.22. The summed E-state index contributed by atoms with van der Waals surface area (Å²) >= 11 is 0. The molecule has 1 fully saturated rings. The molecule has 2 aliphatic rings. The quantitative estimate of drug-likeness (QED) is 0.492. The Morgan fingerprint density at radius 3 is 3.20 bits per heavy atom. The van der Waals surface area contributed by atoms with Gasteiger partial charge in [-0.15, -0.1) is 0 Å². The number of rotatable bonds is 0. The topological polar surface area (TPSA) is 3.24 Å². The maximum Gasteiger partial charge on any atom is 0.0473 e. The molecule has 0 N–H and O–H groups in total. The van der Waals surface area contributed by atoms with Crippen LogP contribution < -0.4 is 0 Å². The van der Waals surface area contributed by atoms with E-state index in [9.17, 15) is 0 Å². The minimum atomic E-state index is 0.846. The third kappa shape index (κ3) is 1.10. The summed E-state index contributed by atoms with van der Waals surface area (Å²) < 4.78 is 0. The third-order valence-corrected chi connectivity index (χ3v) is 2.49. The van der Waals surface area contributed by atoms with Gasteiger partial charge >= 0.3 is 0 Å². The fourth-order valence-electron chi connectivity index (χ4n) is 1.88. The third-order valence-electron chi connectivity index (χ3n) is 2.49. The van der Waals surface area contributed by atoms with Crippen molar-refractivity contribution in [1.82, 2.24) is 4.90 Å². The second kappa shape index (κ2) is 2.75. The van der Waals surface area contributed by atoms with Crippen LogP contribution in [0.25, 0.3) is 0 Å². The molecule has 0 aromatic rings. The number of hydrogen-bond donors (Lipinski definition) is 0. The molecule has 0 aromatic heterocycles. The lowest BCUT2D eigenvalue weighted by molar-refractivity contribution is 0.189. The predicted molar refractivity (Wildman–Crippen MR) is 42.4 cm³/mol. The molecule has 55 valence electrons.